The van der Waals surface area contributed by atoms with Crippen LogP contribution in [-0.4, -0.2) is 63.4 Å². The molecular formula is C22H26Cl2N6O2. The number of halogens is 2. The average molecular weight is 477 g/mol. The number of carbonyl (C=O) groups is 1. The predicted molar refractivity (Wildman–Crippen MR) is 125 cm³/mol. The first-order chi connectivity index (χ1) is 15.3. The highest BCUT2D eigenvalue weighted by Crippen LogP contribution is 2.31. The third kappa shape index (κ3) is 4.04. The molecule has 1 aliphatic rings. The summed E-state index contributed by atoms with van der Waals surface area (Å²) in [6.45, 7) is 8.31. The Hall–Kier alpha value is -2.71. The molecule has 0 spiro atoms. The number of carbonyl (C=O) groups excluding carboxylic acids is 1. The second kappa shape index (κ2) is 9.03. The minimum absolute atomic E-state index is 0.0227. The highest BCUT2D eigenvalue weighted by Gasteiger charge is 2.29. The van der Waals surface area contributed by atoms with Crippen LogP contribution in [0.5, 0.6) is 5.75 Å². The summed E-state index contributed by atoms with van der Waals surface area (Å²) >= 11 is 12.7. The Morgan fingerprint density at radius 2 is 1.88 bits per heavy atom. The van der Waals surface area contributed by atoms with Crippen LogP contribution in [0.3, 0.4) is 0 Å². The lowest BCUT2D eigenvalue weighted by Crippen LogP contribution is -2.50. The van der Waals surface area contributed by atoms with E-state index in [1.165, 1.54) is 0 Å². The average Bonchev–Trinajstić information content (AvgIpc) is 3.36. The number of anilines is 1. The fourth-order valence-electron chi connectivity index (χ4n) is 4.02. The molecule has 0 saturated carbocycles. The van der Waals surface area contributed by atoms with Crippen molar-refractivity contribution in [3.05, 3.63) is 52.2 Å². The fourth-order valence-corrected chi connectivity index (χ4v) is 4.43. The number of benzene rings is 1. The van der Waals surface area contributed by atoms with Crippen LogP contribution in [0.2, 0.25) is 10.0 Å². The van der Waals surface area contributed by atoms with E-state index in [4.69, 9.17) is 27.9 Å². The summed E-state index contributed by atoms with van der Waals surface area (Å²) in [5.41, 5.74) is 1.78. The van der Waals surface area contributed by atoms with E-state index in [0.717, 1.165) is 30.3 Å². The zero-order valence-electron chi connectivity index (χ0n) is 18.5. The Kier molecular flexibility index (Phi) is 6.35. The highest BCUT2D eigenvalue weighted by molar-refractivity contribution is 6.33. The van der Waals surface area contributed by atoms with Crippen LogP contribution in [0.1, 0.15) is 24.5 Å². The van der Waals surface area contributed by atoms with Crippen molar-refractivity contribution in [2.75, 3.05) is 38.2 Å². The van der Waals surface area contributed by atoms with Gasteiger partial charge in [0, 0.05) is 50.3 Å². The van der Waals surface area contributed by atoms with Crippen molar-refractivity contribution in [3.8, 4) is 11.6 Å². The molecule has 10 heteroatoms. The monoisotopic (exact) mass is 476 g/mol. The number of hydrogen-bond donors (Lipinski definition) is 0. The number of piperazine rings is 1. The molecule has 0 bridgehead atoms. The molecule has 3 aromatic rings. The number of aryl methyl sites for hydroxylation is 1. The van der Waals surface area contributed by atoms with Gasteiger partial charge in [0.25, 0.3) is 0 Å². The SMILES string of the molecule is COc1cc(N2CCN(C(=O)C(C)n3nc(-n4ccnc4C)c(Cl)c3C)CC2)ccc1Cl. The summed E-state index contributed by atoms with van der Waals surface area (Å²) in [6.07, 6.45) is 3.51. The van der Waals surface area contributed by atoms with Crippen molar-refractivity contribution < 1.29 is 9.53 Å². The van der Waals surface area contributed by atoms with Crippen LogP contribution in [0.15, 0.2) is 30.6 Å². The van der Waals surface area contributed by atoms with Crippen molar-refractivity contribution in [1.29, 1.82) is 0 Å². The molecule has 1 aromatic carbocycles. The van der Waals surface area contributed by atoms with Crippen LogP contribution in [0.4, 0.5) is 5.69 Å². The number of ether oxygens (including phenoxy) is 1. The van der Waals surface area contributed by atoms with Crippen LogP contribution in [0, 0.1) is 13.8 Å². The maximum Gasteiger partial charge on any atom is 0.247 e. The quantitative estimate of drug-likeness (QED) is 0.558. The molecule has 32 heavy (non-hydrogen) atoms. The molecule has 0 aliphatic carbocycles. The molecule has 8 nitrogen and oxygen atoms in total. The molecule has 0 radical (unpaired) electrons. The topological polar surface area (TPSA) is 68.4 Å². The van der Waals surface area contributed by atoms with E-state index in [2.05, 4.69) is 15.0 Å². The standard InChI is InChI=1S/C22H26Cl2N6O2/c1-14-20(24)21(29-8-7-25-16(29)3)26-30(14)15(2)22(31)28-11-9-27(10-12-28)17-5-6-18(23)19(13-17)32-4/h5-8,13,15H,9-12H2,1-4H3. The lowest BCUT2D eigenvalue weighted by Gasteiger charge is -2.37. The van der Waals surface area contributed by atoms with Gasteiger partial charge in [0.2, 0.25) is 5.91 Å². The number of imidazole rings is 1. The Labute approximate surface area is 197 Å². The minimum Gasteiger partial charge on any atom is -0.495 e. The third-order valence-corrected chi connectivity index (χ3v) is 6.68. The van der Waals surface area contributed by atoms with E-state index >= 15 is 0 Å². The van der Waals surface area contributed by atoms with Crippen molar-refractivity contribution in [3.63, 3.8) is 0 Å². The Morgan fingerprint density at radius 1 is 1.16 bits per heavy atom. The minimum atomic E-state index is -0.466. The van der Waals surface area contributed by atoms with Crippen molar-refractivity contribution >= 4 is 34.8 Å². The molecule has 170 valence electrons. The van der Waals surface area contributed by atoms with Crippen molar-refractivity contribution in [1.82, 2.24) is 24.2 Å². The van der Waals surface area contributed by atoms with Crippen LogP contribution < -0.4 is 9.64 Å². The number of nitrogens with zero attached hydrogens (tertiary/aromatic N) is 6. The smallest absolute Gasteiger partial charge is 0.247 e. The first-order valence-electron chi connectivity index (χ1n) is 10.4. The molecule has 1 amide bonds. The Morgan fingerprint density at radius 3 is 2.50 bits per heavy atom. The van der Waals surface area contributed by atoms with Gasteiger partial charge in [0.1, 0.15) is 22.6 Å². The Balaban J connectivity index is 1.46. The third-order valence-electron chi connectivity index (χ3n) is 5.93. The van der Waals surface area contributed by atoms with E-state index in [-0.39, 0.29) is 5.91 Å². The molecule has 1 unspecified atom stereocenters. The molecular weight excluding hydrogens is 451 g/mol. The Bertz CT molecular complexity index is 1130. The van der Waals surface area contributed by atoms with Crippen LogP contribution >= 0.6 is 23.2 Å². The number of amides is 1. The maximum atomic E-state index is 13.3. The number of rotatable bonds is 5. The lowest BCUT2D eigenvalue weighted by molar-refractivity contribution is -0.134. The summed E-state index contributed by atoms with van der Waals surface area (Å²) in [5, 5.41) is 5.74. The first kappa shape index (κ1) is 22.5. The lowest BCUT2D eigenvalue weighted by atomic mass is 10.2. The molecule has 1 fully saturated rings. The molecule has 2 aromatic heterocycles. The number of aromatic nitrogens is 4. The maximum absolute atomic E-state index is 13.3. The zero-order chi connectivity index (χ0) is 23.0. The van der Waals surface area contributed by atoms with Gasteiger partial charge in [-0.15, -0.1) is 0 Å². The van der Waals surface area contributed by atoms with E-state index < -0.39 is 6.04 Å². The van der Waals surface area contributed by atoms with Gasteiger partial charge in [-0.25, -0.2) is 4.98 Å². The highest BCUT2D eigenvalue weighted by atomic mass is 35.5. The van der Waals surface area contributed by atoms with Gasteiger partial charge >= 0.3 is 0 Å². The molecule has 1 atom stereocenters. The van der Waals surface area contributed by atoms with E-state index in [9.17, 15) is 4.79 Å². The molecule has 1 aliphatic heterocycles. The van der Waals surface area contributed by atoms with Gasteiger partial charge in [-0.3, -0.25) is 14.0 Å². The number of methoxy groups -OCH3 is 1. The zero-order valence-corrected chi connectivity index (χ0v) is 20.1. The molecule has 1 saturated heterocycles. The van der Waals surface area contributed by atoms with Crippen molar-refractivity contribution in [2.45, 2.75) is 26.8 Å². The van der Waals surface area contributed by atoms with E-state index in [0.29, 0.717) is 34.7 Å². The molecule has 0 N–H and O–H groups in total. The van der Waals surface area contributed by atoms with E-state index in [1.807, 2.05) is 54.6 Å². The summed E-state index contributed by atoms with van der Waals surface area (Å²) in [7, 11) is 1.60. The summed E-state index contributed by atoms with van der Waals surface area (Å²) in [6, 6.07) is 5.27. The van der Waals surface area contributed by atoms with Gasteiger partial charge in [-0.1, -0.05) is 23.2 Å². The fraction of sp³-hybridized carbons (Fsp3) is 0.409. The molecule has 4 rings (SSSR count). The normalized spacial score (nSPS) is 15.2. The number of hydrogen-bond acceptors (Lipinski definition) is 5. The second-order valence-electron chi connectivity index (χ2n) is 7.82. The van der Waals surface area contributed by atoms with Crippen molar-refractivity contribution in [2.24, 2.45) is 0 Å². The second-order valence-corrected chi connectivity index (χ2v) is 8.60. The van der Waals surface area contributed by atoms with Crippen LogP contribution in [0.25, 0.3) is 5.82 Å². The summed E-state index contributed by atoms with van der Waals surface area (Å²) in [4.78, 5) is 21.6. The van der Waals surface area contributed by atoms with Crippen LogP contribution in [-0.2, 0) is 4.79 Å². The summed E-state index contributed by atoms with van der Waals surface area (Å²) in [5.74, 6) is 2.03. The predicted octanol–water partition coefficient (Wildman–Crippen LogP) is 3.91. The van der Waals surface area contributed by atoms with Gasteiger partial charge in [0.05, 0.1) is 17.8 Å². The van der Waals surface area contributed by atoms with Gasteiger partial charge < -0.3 is 14.5 Å². The first-order valence-corrected chi connectivity index (χ1v) is 11.2. The molecule has 3 heterocycles. The summed E-state index contributed by atoms with van der Waals surface area (Å²) < 4.78 is 8.85. The van der Waals surface area contributed by atoms with Gasteiger partial charge in [0.15, 0.2) is 5.82 Å². The van der Waals surface area contributed by atoms with Gasteiger partial charge in [-0.05, 0) is 32.9 Å². The largest absolute Gasteiger partial charge is 0.495 e. The van der Waals surface area contributed by atoms with Gasteiger partial charge in [-0.2, -0.15) is 5.10 Å². The van der Waals surface area contributed by atoms with E-state index in [1.54, 1.807) is 18.0 Å².